The van der Waals surface area contributed by atoms with Gasteiger partial charge in [-0.3, -0.25) is 4.90 Å². The molecule has 0 atom stereocenters. The molecule has 2 aromatic rings. The fourth-order valence-corrected chi connectivity index (χ4v) is 4.01. The molecule has 130 valence electrons. The molecule has 24 heavy (non-hydrogen) atoms. The Morgan fingerprint density at radius 2 is 1.67 bits per heavy atom. The summed E-state index contributed by atoms with van der Waals surface area (Å²) in [6.07, 6.45) is 1.54. The van der Waals surface area contributed by atoms with E-state index < -0.39 is 10.0 Å². The SMILES string of the molecule is CCN(CC)S(=O)(=O)c1ccc(N(C)Cc2ccc(Cl)cc2)[nH+]c1. The monoisotopic (exact) mass is 368 g/mol. The van der Waals surface area contributed by atoms with Gasteiger partial charge < -0.3 is 0 Å². The van der Waals surface area contributed by atoms with Gasteiger partial charge in [-0.05, 0) is 23.8 Å². The minimum absolute atomic E-state index is 0.273. The van der Waals surface area contributed by atoms with Crippen LogP contribution < -0.4 is 9.88 Å². The fourth-order valence-electron chi connectivity index (χ4n) is 2.46. The molecule has 0 saturated heterocycles. The first-order valence-electron chi connectivity index (χ1n) is 7.86. The molecule has 0 radical (unpaired) electrons. The van der Waals surface area contributed by atoms with E-state index in [2.05, 4.69) is 4.98 Å². The summed E-state index contributed by atoms with van der Waals surface area (Å²) in [6, 6.07) is 11.1. The van der Waals surface area contributed by atoms with Crippen LogP contribution in [0, 0.1) is 0 Å². The second-order valence-electron chi connectivity index (χ2n) is 5.48. The van der Waals surface area contributed by atoms with E-state index >= 15 is 0 Å². The molecule has 0 aliphatic carbocycles. The number of hydrogen-bond donors (Lipinski definition) is 0. The van der Waals surface area contributed by atoms with Crippen LogP contribution in [-0.2, 0) is 16.6 Å². The lowest BCUT2D eigenvalue weighted by atomic mass is 10.2. The van der Waals surface area contributed by atoms with Crippen molar-refractivity contribution in [2.24, 2.45) is 0 Å². The minimum Gasteiger partial charge on any atom is -0.260 e. The number of halogens is 1. The van der Waals surface area contributed by atoms with Crippen molar-refractivity contribution in [3.8, 4) is 0 Å². The van der Waals surface area contributed by atoms with Gasteiger partial charge in [0.25, 0.3) is 5.82 Å². The van der Waals surface area contributed by atoms with E-state index in [-0.39, 0.29) is 4.90 Å². The Kier molecular flexibility index (Phi) is 6.21. The molecule has 5 nitrogen and oxygen atoms in total. The molecule has 0 saturated carbocycles. The predicted octanol–water partition coefficient (Wildman–Crippen LogP) is 2.82. The Morgan fingerprint density at radius 1 is 1.04 bits per heavy atom. The lowest BCUT2D eigenvalue weighted by molar-refractivity contribution is -0.367. The van der Waals surface area contributed by atoms with E-state index in [1.54, 1.807) is 18.3 Å². The molecule has 0 unspecified atom stereocenters. The van der Waals surface area contributed by atoms with Crippen molar-refractivity contribution >= 4 is 27.4 Å². The maximum atomic E-state index is 12.5. The van der Waals surface area contributed by atoms with E-state index in [4.69, 9.17) is 11.6 Å². The summed E-state index contributed by atoms with van der Waals surface area (Å²) in [5, 5.41) is 0.707. The Labute approximate surface area is 148 Å². The molecule has 0 bridgehead atoms. The number of aromatic nitrogens is 1. The highest BCUT2D eigenvalue weighted by atomic mass is 35.5. The first-order valence-corrected chi connectivity index (χ1v) is 9.67. The molecule has 0 amide bonds. The van der Waals surface area contributed by atoms with Crippen LogP contribution in [0.4, 0.5) is 5.82 Å². The van der Waals surface area contributed by atoms with Gasteiger partial charge in [0.05, 0.1) is 7.05 Å². The normalized spacial score (nSPS) is 11.7. The van der Waals surface area contributed by atoms with Gasteiger partial charge in [0.1, 0.15) is 17.6 Å². The highest BCUT2D eigenvalue weighted by Crippen LogP contribution is 2.17. The zero-order valence-electron chi connectivity index (χ0n) is 14.2. The summed E-state index contributed by atoms with van der Waals surface area (Å²) in [4.78, 5) is 5.36. The standard InChI is InChI=1S/C17H22ClN3O2S/c1-4-21(5-2)24(22,23)16-10-11-17(19-12-16)20(3)13-14-6-8-15(18)9-7-14/h6-12H,4-5,13H2,1-3H3/p+1. The van der Waals surface area contributed by atoms with Gasteiger partial charge in [-0.2, -0.15) is 4.31 Å². The lowest BCUT2D eigenvalue weighted by Crippen LogP contribution is -2.32. The van der Waals surface area contributed by atoms with Crippen LogP contribution in [0.3, 0.4) is 0 Å². The molecule has 2 rings (SSSR count). The van der Waals surface area contributed by atoms with E-state index in [9.17, 15) is 8.42 Å². The smallest absolute Gasteiger partial charge is 0.260 e. The number of nitrogens with one attached hydrogen (secondary N) is 1. The van der Waals surface area contributed by atoms with Crippen LogP contribution in [-0.4, -0.2) is 32.9 Å². The van der Waals surface area contributed by atoms with Gasteiger partial charge in [0, 0.05) is 24.2 Å². The largest absolute Gasteiger partial charge is 0.274 e. The zero-order chi connectivity index (χ0) is 17.7. The van der Waals surface area contributed by atoms with E-state index in [0.717, 1.165) is 11.4 Å². The molecule has 1 aromatic heterocycles. The maximum absolute atomic E-state index is 12.5. The van der Waals surface area contributed by atoms with Crippen LogP contribution in [0.1, 0.15) is 19.4 Å². The number of sulfonamides is 1. The van der Waals surface area contributed by atoms with Crippen LogP contribution >= 0.6 is 11.6 Å². The van der Waals surface area contributed by atoms with Crippen molar-refractivity contribution in [2.75, 3.05) is 25.0 Å². The maximum Gasteiger partial charge on any atom is 0.274 e. The van der Waals surface area contributed by atoms with Gasteiger partial charge >= 0.3 is 0 Å². The van der Waals surface area contributed by atoms with Gasteiger partial charge in [0.15, 0.2) is 0 Å². The average Bonchev–Trinajstić information content (AvgIpc) is 2.58. The average molecular weight is 369 g/mol. The summed E-state index contributed by atoms with van der Waals surface area (Å²) < 4.78 is 26.4. The topological polar surface area (TPSA) is 54.8 Å². The van der Waals surface area contributed by atoms with Crippen LogP contribution in [0.15, 0.2) is 47.5 Å². The Bertz CT molecular complexity index is 757. The van der Waals surface area contributed by atoms with Gasteiger partial charge in [-0.25, -0.2) is 13.4 Å². The number of H-pyrrole nitrogens is 1. The molecule has 7 heteroatoms. The van der Waals surface area contributed by atoms with Gasteiger partial charge in [-0.15, -0.1) is 0 Å². The number of anilines is 1. The van der Waals surface area contributed by atoms with E-state index in [0.29, 0.717) is 24.7 Å². The van der Waals surface area contributed by atoms with Gasteiger partial charge in [0.2, 0.25) is 10.0 Å². The molecule has 1 aromatic carbocycles. The Hall–Kier alpha value is -1.63. The molecule has 0 aliphatic rings. The van der Waals surface area contributed by atoms with Crippen molar-refractivity contribution < 1.29 is 13.4 Å². The van der Waals surface area contributed by atoms with Crippen LogP contribution in [0.2, 0.25) is 5.02 Å². The molecular weight excluding hydrogens is 346 g/mol. The number of aromatic amines is 1. The second-order valence-corrected chi connectivity index (χ2v) is 7.86. The van der Waals surface area contributed by atoms with Crippen LogP contribution in [0.25, 0.3) is 0 Å². The molecule has 0 spiro atoms. The van der Waals surface area contributed by atoms with Crippen LogP contribution in [0.5, 0.6) is 0 Å². The third-order valence-corrected chi connectivity index (χ3v) is 6.15. The number of rotatable bonds is 7. The molecular formula is C17H23ClN3O2S+. The summed E-state index contributed by atoms with van der Waals surface area (Å²) in [7, 11) is -1.49. The number of pyridine rings is 1. The molecule has 1 heterocycles. The van der Waals surface area contributed by atoms with E-state index in [1.807, 2.05) is 50.1 Å². The van der Waals surface area contributed by atoms with Crippen molar-refractivity contribution in [3.63, 3.8) is 0 Å². The second kappa shape index (κ2) is 7.96. The summed E-state index contributed by atoms with van der Waals surface area (Å²) >= 11 is 5.89. The summed E-state index contributed by atoms with van der Waals surface area (Å²) in [6.45, 7) is 5.27. The molecule has 1 N–H and O–H groups in total. The third kappa shape index (κ3) is 4.26. The summed E-state index contributed by atoms with van der Waals surface area (Å²) in [5.41, 5.74) is 1.12. The molecule has 0 aliphatic heterocycles. The summed E-state index contributed by atoms with van der Waals surface area (Å²) in [5.74, 6) is 0.837. The predicted molar refractivity (Wildman–Crippen MR) is 96.7 cm³/mol. The highest BCUT2D eigenvalue weighted by Gasteiger charge is 2.23. The molecule has 0 fully saturated rings. The first-order chi connectivity index (χ1) is 11.4. The first kappa shape index (κ1) is 18.7. The zero-order valence-corrected chi connectivity index (χ0v) is 15.7. The Morgan fingerprint density at radius 3 is 2.17 bits per heavy atom. The van der Waals surface area contributed by atoms with Crippen molar-refractivity contribution in [3.05, 3.63) is 53.2 Å². The van der Waals surface area contributed by atoms with E-state index in [1.165, 1.54) is 4.31 Å². The van der Waals surface area contributed by atoms with Crippen molar-refractivity contribution in [1.82, 2.24) is 4.31 Å². The third-order valence-electron chi connectivity index (χ3n) is 3.86. The number of hydrogen-bond acceptors (Lipinski definition) is 3. The van der Waals surface area contributed by atoms with Crippen molar-refractivity contribution in [1.29, 1.82) is 0 Å². The fraction of sp³-hybridized carbons (Fsp3) is 0.353. The Balaban J connectivity index is 2.15. The highest BCUT2D eigenvalue weighted by molar-refractivity contribution is 7.89. The quantitative estimate of drug-likeness (QED) is 0.755. The lowest BCUT2D eigenvalue weighted by Gasteiger charge is -2.18. The number of benzene rings is 1. The van der Waals surface area contributed by atoms with Gasteiger partial charge in [-0.1, -0.05) is 37.6 Å². The minimum atomic E-state index is -3.44. The number of nitrogens with zero attached hydrogens (tertiary/aromatic N) is 2. The van der Waals surface area contributed by atoms with Crippen molar-refractivity contribution in [2.45, 2.75) is 25.3 Å².